The molecule has 0 spiro atoms. The van der Waals surface area contributed by atoms with Crippen molar-refractivity contribution in [3.05, 3.63) is 35.6 Å². The van der Waals surface area contributed by atoms with Crippen molar-refractivity contribution in [3.8, 4) is 0 Å². The molecule has 6 nitrogen and oxygen atoms in total. The maximum absolute atomic E-state index is 13.0. The standard InChI is InChI=1S/C19H27FN2O4/c1-19(2,3)26-18(25)22-15-10-8-14(9-11-15)21-16(17(23)24)12-4-6-13(20)7-5-12/h4-7,14-16,21H,8-11H2,1-3H3,(H,22,25)(H,23,24). The summed E-state index contributed by atoms with van der Waals surface area (Å²) in [5.41, 5.74) is -0.0138. The fourth-order valence-electron chi connectivity index (χ4n) is 3.08. The lowest BCUT2D eigenvalue weighted by Crippen LogP contribution is -2.45. The van der Waals surface area contributed by atoms with Gasteiger partial charge in [-0.15, -0.1) is 0 Å². The maximum Gasteiger partial charge on any atom is 0.407 e. The third-order valence-corrected chi connectivity index (χ3v) is 4.30. The molecule has 0 radical (unpaired) electrons. The average Bonchev–Trinajstić information content (AvgIpc) is 2.53. The second kappa shape index (κ2) is 8.49. The van der Waals surface area contributed by atoms with Crippen LogP contribution < -0.4 is 10.6 Å². The molecule has 1 aromatic rings. The molecule has 3 N–H and O–H groups in total. The molecule has 1 unspecified atom stereocenters. The molecule has 1 fully saturated rings. The van der Waals surface area contributed by atoms with Crippen LogP contribution in [0.1, 0.15) is 58.1 Å². The van der Waals surface area contributed by atoms with Crippen molar-refractivity contribution in [2.24, 2.45) is 0 Å². The van der Waals surface area contributed by atoms with Gasteiger partial charge in [-0.1, -0.05) is 12.1 Å². The van der Waals surface area contributed by atoms with Crippen molar-refractivity contribution >= 4 is 12.1 Å². The van der Waals surface area contributed by atoms with E-state index in [4.69, 9.17) is 4.74 Å². The average molecular weight is 366 g/mol. The highest BCUT2D eigenvalue weighted by molar-refractivity contribution is 5.75. The van der Waals surface area contributed by atoms with Crippen molar-refractivity contribution in [2.75, 3.05) is 0 Å². The van der Waals surface area contributed by atoms with E-state index < -0.39 is 29.5 Å². The summed E-state index contributed by atoms with van der Waals surface area (Å²) in [5.74, 6) is -1.39. The molecule has 26 heavy (non-hydrogen) atoms. The lowest BCUT2D eigenvalue weighted by Gasteiger charge is -2.32. The number of rotatable bonds is 5. The van der Waals surface area contributed by atoms with Gasteiger partial charge in [0.1, 0.15) is 17.5 Å². The Labute approximate surface area is 153 Å². The summed E-state index contributed by atoms with van der Waals surface area (Å²) in [6, 6.07) is 4.66. The number of carboxylic acid groups (broad SMARTS) is 1. The highest BCUT2D eigenvalue weighted by Gasteiger charge is 2.28. The molecule has 1 aliphatic rings. The van der Waals surface area contributed by atoms with Crippen LogP contribution in [0.15, 0.2) is 24.3 Å². The first-order valence-electron chi connectivity index (χ1n) is 8.88. The second-order valence-corrected chi connectivity index (χ2v) is 7.68. The largest absolute Gasteiger partial charge is 0.480 e. The molecule has 0 heterocycles. The van der Waals surface area contributed by atoms with Gasteiger partial charge in [0.15, 0.2) is 0 Å². The lowest BCUT2D eigenvalue weighted by atomic mass is 9.90. The summed E-state index contributed by atoms with van der Waals surface area (Å²) in [6.07, 6.45) is 2.54. The fraction of sp³-hybridized carbons (Fsp3) is 0.579. The van der Waals surface area contributed by atoms with E-state index in [1.807, 2.05) is 20.8 Å². The van der Waals surface area contributed by atoms with Crippen LogP contribution >= 0.6 is 0 Å². The van der Waals surface area contributed by atoms with E-state index in [9.17, 15) is 19.1 Å². The molecule has 7 heteroatoms. The maximum atomic E-state index is 13.0. The number of benzene rings is 1. The Morgan fingerprint density at radius 2 is 1.65 bits per heavy atom. The summed E-state index contributed by atoms with van der Waals surface area (Å²) in [5, 5.41) is 15.5. The Morgan fingerprint density at radius 1 is 1.12 bits per heavy atom. The molecule has 0 aromatic heterocycles. The minimum atomic E-state index is -0.995. The summed E-state index contributed by atoms with van der Waals surface area (Å²) in [6.45, 7) is 5.44. The van der Waals surface area contributed by atoms with Crippen molar-refractivity contribution in [1.29, 1.82) is 0 Å². The number of alkyl carbamates (subject to hydrolysis) is 1. The molecule has 144 valence electrons. The zero-order valence-corrected chi connectivity index (χ0v) is 15.4. The van der Waals surface area contributed by atoms with Gasteiger partial charge in [0.2, 0.25) is 0 Å². The molecule has 1 aromatic carbocycles. The molecule has 1 atom stereocenters. The number of carboxylic acids is 1. The summed E-state index contributed by atoms with van der Waals surface area (Å²) < 4.78 is 18.3. The summed E-state index contributed by atoms with van der Waals surface area (Å²) >= 11 is 0. The van der Waals surface area contributed by atoms with Crippen LogP contribution in [0.5, 0.6) is 0 Å². The third kappa shape index (κ3) is 6.29. The highest BCUT2D eigenvalue weighted by Crippen LogP contribution is 2.23. The minimum absolute atomic E-state index is 0.0250. The van der Waals surface area contributed by atoms with E-state index in [0.717, 1.165) is 25.7 Å². The predicted molar refractivity (Wildman–Crippen MR) is 95.3 cm³/mol. The smallest absolute Gasteiger partial charge is 0.407 e. The van der Waals surface area contributed by atoms with Crippen LogP contribution in [0.4, 0.5) is 9.18 Å². The molecule has 0 bridgehead atoms. The first-order chi connectivity index (χ1) is 12.1. The quantitative estimate of drug-likeness (QED) is 0.744. The van der Waals surface area contributed by atoms with Gasteiger partial charge in [-0.05, 0) is 64.2 Å². The van der Waals surface area contributed by atoms with Gasteiger partial charge in [-0.3, -0.25) is 10.1 Å². The first-order valence-corrected chi connectivity index (χ1v) is 8.88. The number of halogens is 1. The van der Waals surface area contributed by atoms with Crippen LogP contribution in [0.2, 0.25) is 0 Å². The van der Waals surface area contributed by atoms with Crippen LogP contribution in [-0.4, -0.2) is 34.9 Å². The second-order valence-electron chi connectivity index (χ2n) is 7.68. The number of carbonyl (C=O) groups is 2. The lowest BCUT2D eigenvalue weighted by molar-refractivity contribution is -0.140. The predicted octanol–water partition coefficient (Wildman–Crippen LogP) is 3.38. The fourth-order valence-corrected chi connectivity index (χ4v) is 3.08. The van der Waals surface area contributed by atoms with E-state index in [1.165, 1.54) is 24.3 Å². The van der Waals surface area contributed by atoms with Gasteiger partial charge in [0.25, 0.3) is 0 Å². The Balaban J connectivity index is 1.85. The summed E-state index contributed by atoms with van der Waals surface area (Å²) in [7, 11) is 0. The highest BCUT2D eigenvalue weighted by atomic mass is 19.1. The number of ether oxygens (including phenoxy) is 1. The van der Waals surface area contributed by atoms with Crippen LogP contribution in [-0.2, 0) is 9.53 Å². The number of carbonyl (C=O) groups excluding carboxylic acids is 1. The van der Waals surface area contributed by atoms with E-state index in [0.29, 0.717) is 5.56 Å². The zero-order valence-electron chi connectivity index (χ0n) is 15.4. The van der Waals surface area contributed by atoms with Crippen molar-refractivity contribution in [2.45, 2.75) is 70.2 Å². The Hall–Kier alpha value is -2.15. The molecular formula is C19H27FN2O4. The van der Waals surface area contributed by atoms with Crippen molar-refractivity contribution < 1.29 is 23.8 Å². The third-order valence-electron chi connectivity index (χ3n) is 4.30. The van der Waals surface area contributed by atoms with Crippen LogP contribution in [0.3, 0.4) is 0 Å². The molecule has 1 aliphatic carbocycles. The monoisotopic (exact) mass is 366 g/mol. The number of amides is 1. The van der Waals surface area contributed by atoms with E-state index in [1.54, 1.807) is 0 Å². The number of hydrogen-bond donors (Lipinski definition) is 3. The Morgan fingerprint density at radius 3 is 2.15 bits per heavy atom. The van der Waals surface area contributed by atoms with Crippen molar-refractivity contribution in [3.63, 3.8) is 0 Å². The Kier molecular flexibility index (Phi) is 6.58. The molecular weight excluding hydrogens is 339 g/mol. The van der Waals surface area contributed by atoms with Crippen molar-refractivity contribution in [1.82, 2.24) is 10.6 Å². The minimum Gasteiger partial charge on any atom is -0.480 e. The zero-order chi connectivity index (χ0) is 19.3. The van der Waals surface area contributed by atoms with Gasteiger partial charge in [-0.25, -0.2) is 9.18 Å². The number of hydrogen-bond acceptors (Lipinski definition) is 4. The normalized spacial score (nSPS) is 21.7. The van der Waals surface area contributed by atoms with Gasteiger partial charge in [-0.2, -0.15) is 0 Å². The first kappa shape index (κ1) is 20.2. The topological polar surface area (TPSA) is 87.7 Å². The molecule has 0 saturated heterocycles. The molecule has 0 aliphatic heterocycles. The van der Waals surface area contributed by atoms with E-state index in [-0.39, 0.29) is 12.1 Å². The number of aliphatic carboxylic acids is 1. The van der Waals surface area contributed by atoms with E-state index in [2.05, 4.69) is 10.6 Å². The molecule has 2 rings (SSSR count). The molecule has 1 amide bonds. The van der Waals surface area contributed by atoms with Gasteiger partial charge >= 0.3 is 12.1 Å². The van der Waals surface area contributed by atoms with Crippen LogP contribution in [0.25, 0.3) is 0 Å². The summed E-state index contributed by atoms with van der Waals surface area (Å²) in [4.78, 5) is 23.4. The SMILES string of the molecule is CC(C)(C)OC(=O)NC1CCC(NC(C(=O)O)c2ccc(F)cc2)CC1. The van der Waals surface area contributed by atoms with Gasteiger partial charge in [0.05, 0.1) is 0 Å². The van der Waals surface area contributed by atoms with Gasteiger partial charge in [0, 0.05) is 12.1 Å². The Bertz CT molecular complexity index is 619. The van der Waals surface area contributed by atoms with Gasteiger partial charge < -0.3 is 15.2 Å². The van der Waals surface area contributed by atoms with Crippen LogP contribution in [0, 0.1) is 5.82 Å². The van der Waals surface area contributed by atoms with E-state index >= 15 is 0 Å². The number of nitrogens with one attached hydrogen (secondary N) is 2. The molecule has 1 saturated carbocycles.